The Morgan fingerprint density at radius 1 is 0.711 bits per heavy atom. The van der Waals surface area contributed by atoms with Crippen molar-refractivity contribution in [3.05, 3.63) is 24.3 Å². The van der Waals surface area contributed by atoms with Gasteiger partial charge in [0.25, 0.3) is 0 Å². The van der Waals surface area contributed by atoms with E-state index in [-0.39, 0.29) is 49.7 Å². The van der Waals surface area contributed by atoms with E-state index in [1.54, 1.807) is 36.2 Å². The summed E-state index contributed by atoms with van der Waals surface area (Å²) in [6, 6.07) is -1.21. The van der Waals surface area contributed by atoms with Gasteiger partial charge in [-0.05, 0) is 25.7 Å². The van der Waals surface area contributed by atoms with Crippen molar-refractivity contribution in [2.75, 3.05) is 40.5 Å². The highest BCUT2D eigenvalue weighted by Gasteiger charge is 2.36. The van der Waals surface area contributed by atoms with Crippen molar-refractivity contribution in [2.45, 2.75) is 76.7 Å². The molecular formula is C28H42N2O8. The van der Waals surface area contributed by atoms with Crippen molar-refractivity contribution in [1.29, 1.82) is 0 Å². The normalized spacial score (nSPS) is 34.4. The van der Waals surface area contributed by atoms with E-state index < -0.39 is 36.2 Å². The Kier molecular flexibility index (Phi) is 11.3. The van der Waals surface area contributed by atoms with E-state index in [4.69, 9.17) is 18.9 Å². The Hall–Kier alpha value is -2.72. The average molecular weight is 535 g/mol. The first-order chi connectivity index (χ1) is 18.3. The average Bonchev–Trinajstić information content (AvgIpc) is 3.59. The van der Waals surface area contributed by atoms with E-state index in [0.717, 1.165) is 12.8 Å². The van der Waals surface area contributed by atoms with E-state index in [9.17, 15) is 19.2 Å². The number of fused-ring (bicyclic) bond motifs is 2. The third kappa shape index (κ3) is 7.66. The molecule has 0 spiro atoms. The molecule has 10 nitrogen and oxygen atoms in total. The summed E-state index contributed by atoms with van der Waals surface area (Å²) in [6.45, 7) is 4.95. The first kappa shape index (κ1) is 29.8. The lowest BCUT2D eigenvalue weighted by atomic mass is 10.0. The summed E-state index contributed by atoms with van der Waals surface area (Å²) in [4.78, 5) is 54.7. The van der Waals surface area contributed by atoms with Gasteiger partial charge in [0.2, 0.25) is 11.8 Å². The Balaban J connectivity index is 1.77. The second-order valence-corrected chi connectivity index (χ2v) is 10.3. The van der Waals surface area contributed by atoms with Crippen LogP contribution in [-0.2, 0) is 38.1 Å². The van der Waals surface area contributed by atoms with Crippen LogP contribution in [0.5, 0.6) is 0 Å². The number of hydrogen-bond acceptors (Lipinski definition) is 8. The van der Waals surface area contributed by atoms with Crippen LogP contribution in [0.4, 0.5) is 0 Å². The largest absolute Gasteiger partial charge is 0.461 e. The molecule has 0 aromatic carbocycles. The molecule has 0 N–H and O–H groups in total. The van der Waals surface area contributed by atoms with E-state index in [1.165, 1.54) is 0 Å². The molecule has 0 radical (unpaired) electrons. The second-order valence-electron chi connectivity index (χ2n) is 10.3. The minimum atomic E-state index is -0.605. The van der Waals surface area contributed by atoms with Crippen molar-refractivity contribution < 1.29 is 38.1 Å². The van der Waals surface area contributed by atoms with Gasteiger partial charge in [-0.3, -0.25) is 9.59 Å². The van der Waals surface area contributed by atoms with Crippen LogP contribution in [0.2, 0.25) is 0 Å². The SMILES string of the molecule is CO[C@@H]1COC(=O)[C@@H]2CCCN2C(=O)C/C=C/[C@@H](C)[C@H](OC)COC(=O)[C@@H]2CCCN2C(=O)C/C=C/[C@H]1C. The Labute approximate surface area is 225 Å². The van der Waals surface area contributed by atoms with Gasteiger partial charge in [-0.1, -0.05) is 38.2 Å². The quantitative estimate of drug-likeness (QED) is 0.392. The fourth-order valence-corrected chi connectivity index (χ4v) is 5.26. The lowest BCUT2D eigenvalue weighted by Crippen LogP contribution is -2.42. The number of nitrogens with zero attached hydrogens (tertiary/aromatic N) is 2. The topological polar surface area (TPSA) is 112 Å². The molecule has 0 aromatic heterocycles. The van der Waals surface area contributed by atoms with Crippen LogP contribution in [0.25, 0.3) is 0 Å². The highest BCUT2D eigenvalue weighted by molar-refractivity contribution is 5.86. The van der Waals surface area contributed by atoms with Gasteiger partial charge in [-0.15, -0.1) is 0 Å². The molecule has 2 amide bonds. The second kappa shape index (κ2) is 14.4. The van der Waals surface area contributed by atoms with Gasteiger partial charge in [-0.25, -0.2) is 9.59 Å². The summed E-state index contributed by atoms with van der Waals surface area (Å²) >= 11 is 0. The lowest BCUT2D eigenvalue weighted by Gasteiger charge is -2.26. The number of carbonyl (C=O) groups excluding carboxylic acids is 4. The summed E-state index contributed by atoms with van der Waals surface area (Å²) < 4.78 is 22.2. The maximum Gasteiger partial charge on any atom is 0.328 e. The fraction of sp³-hybridized carbons (Fsp3) is 0.714. The van der Waals surface area contributed by atoms with Crippen molar-refractivity contribution in [2.24, 2.45) is 11.8 Å². The van der Waals surface area contributed by atoms with Gasteiger partial charge in [0.15, 0.2) is 0 Å². The summed E-state index contributed by atoms with van der Waals surface area (Å²) in [5.74, 6) is -1.38. The van der Waals surface area contributed by atoms with Crippen molar-refractivity contribution in [3.63, 3.8) is 0 Å². The molecule has 0 aromatic rings. The maximum absolute atomic E-state index is 12.9. The molecule has 0 aliphatic carbocycles. The van der Waals surface area contributed by atoms with Crippen LogP contribution < -0.4 is 0 Å². The highest BCUT2D eigenvalue weighted by atomic mass is 16.6. The zero-order chi connectivity index (χ0) is 27.7. The molecule has 212 valence electrons. The number of ether oxygens (including phenoxy) is 4. The van der Waals surface area contributed by atoms with Gasteiger partial charge in [0, 0.05) is 52.0 Å². The monoisotopic (exact) mass is 534 g/mol. The van der Waals surface area contributed by atoms with E-state index in [1.807, 2.05) is 26.0 Å². The Morgan fingerprint density at radius 2 is 1.11 bits per heavy atom. The Morgan fingerprint density at radius 3 is 1.47 bits per heavy atom. The minimum Gasteiger partial charge on any atom is -0.461 e. The molecule has 3 aliphatic rings. The smallest absolute Gasteiger partial charge is 0.328 e. The van der Waals surface area contributed by atoms with Gasteiger partial charge >= 0.3 is 11.9 Å². The van der Waals surface area contributed by atoms with E-state index in [2.05, 4.69) is 0 Å². The molecular weight excluding hydrogens is 492 g/mol. The fourth-order valence-electron chi connectivity index (χ4n) is 5.26. The maximum atomic E-state index is 12.9. The molecule has 0 unspecified atom stereocenters. The van der Waals surface area contributed by atoms with E-state index in [0.29, 0.717) is 25.9 Å². The van der Waals surface area contributed by atoms with Crippen LogP contribution in [0, 0.1) is 11.8 Å². The van der Waals surface area contributed by atoms with Crippen molar-refractivity contribution in [3.8, 4) is 0 Å². The number of hydrogen-bond donors (Lipinski definition) is 0. The van der Waals surface area contributed by atoms with Crippen molar-refractivity contribution in [1.82, 2.24) is 9.80 Å². The molecule has 0 bridgehead atoms. The van der Waals surface area contributed by atoms with Crippen LogP contribution in [-0.4, -0.2) is 98.4 Å². The first-order valence-electron chi connectivity index (χ1n) is 13.6. The molecule has 3 aliphatic heterocycles. The standard InChI is InChI=1S/C28H42N2O8/c1-19-9-5-13-25(31)29-15-8-12-22(29)28(34)38-18-24(36-4)20(2)10-6-14-26(32)30-16-7-11-21(30)27(33)37-17-23(19)35-3/h5-6,9-10,19-24H,7-8,11-18H2,1-4H3/b9-5+,10-6+/t19-,20-,21+,22+,23-,24-/m1/s1. The molecule has 3 rings (SSSR count). The number of methoxy groups -OCH3 is 2. The third-order valence-corrected chi connectivity index (χ3v) is 7.71. The summed E-state index contributed by atoms with van der Waals surface area (Å²) in [7, 11) is 3.09. The van der Waals surface area contributed by atoms with Crippen LogP contribution >= 0.6 is 0 Å². The van der Waals surface area contributed by atoms with Crippen molar-refractivity contribution >= 4 is 23.8 Å². The molecule has 2 fully saturated rings. The summed E-state index contributed by atoms with van der Waals surface area (Å²) in [6.07, 6.45) is 9.34. The van der Waals surface area contributed by atoms with Crippen LogP contribution in [0.1, 0.15) is 52.4 Å². The number of rotatable bonds is 2. The molecule has 0 saturated carbocycles. The minimum absolute atomic E-state index is 0.0448. The zero-order valence-corrected chi connectivity index (χ0v) is 23.0. The number of esters is 2. The lowest BCUT2D eigenvalue weighted by molar-refractivity contribution is -0.157. The first-order valence-corrected chi connectivity index (χ1v) is 13.6. The molecule has 10 heteroatoms. The summed E-state index contributed by atoms with van der Waals surface area (Å²) in [5, 5.41) is 0. The number of cyclic esters (lactones) is 2. The van der Waals surface area contributed by atoms with Crippen LogP contribution in [0.15, 0.2) is 24.3 Å². The molecule has 3 heterocycles. The van der Waals surface area contributed by atoms with E-state index >= 15 is 0 Å². The Bertz CT molecular complexity index is 831. The molecule has 38 heavy (non-hydrogen) atoms. The van der Waals surface area contributed by atoms with Gasteiger partial charge in [0.05, 0.1) is 12.2 Å². The number of carbonyl (C=O) groups is 4. The molecule has 2 saturated heterocycles. The number of amides is 2. The molecule has 6 atom stereocenters. The van der Waals surface area contributed by atoms with Crippen LogP contribution in [0.3, 0.4) is 0 Å². The summed E-state index contributed by atoms with van der Waals surface area (Å²) in [5.41, 5.74) is 0. The van der Waals surface area contributed by atoms with Gasteiger partial charge in [-0.2, -0.15) is 0 Å². The predicted molar refractivity (Wildman–Crippen MR) is 139 cm³/mol. The predicted octanol–water partition coefficient (Wildman–Crippen LogP) is 2.26. The highest BCUT2D eigenvalue weighted by Crippen LogP contribution is 2.23. The zero-order valence-electron chi connectivity index (χ0n) is 23.0. The van der Waals surface area contributed by atoms with Gasteiger partial charge < -0.3 is 28.7 Å². The third-order valence-electron chi connectivity index (χ3n) is 7.71. The van der Waals surface area contributed by atoms with Gasteiger partial charge in [0.1, 0.15) is 25.3 Å².